The summed E-state index contributed by atoms with van der Waals surface area (Å²) in [7, 11) is 1.37. The van der Waals surface area contributed by atoms with Gasteiger partial charge in [0.1, 0.15) is 22.7 Å². The van der Waals surface area contributed by atoms with Gasteiger partial charge in [-0.05, 0) is 84.6 Å². The number of rotatable bonds is 9. The molecule has 0 atom stereocenters. The van der Waals surface area contributed by atoms with Crippen LogP contribution in [0.2, 0.25) is 0 Å². The number of halogens is 2. The molecule has 0 fully saturated rings. The highest BCUT2D eigenvalue weighted by atomic mass is 79.9. The Morgan fingerprint density at radius 1 is 1.18 bits per heavy atom. The second-order valence-corrected chi connectivity index (χ2v) is 10.5. The molecule has 1 aromatic heterocycles. The lowest BCUT2D eigenvalue weighted by Crippen LogP contribution is -2.38. The molecule has 0 bridgehead atoms. The average Bonchev–Trinajstić information content (AvgIpc) is 2.85. The van der Waals surface area contributed by atoms with Crippen LogP contribution in [0.3, 0.4) is 0 Å². The lowest BCUT2D eigenvalue weighted by atomic mass is 10.1. The van der Waals surface area contributed by atoms with Crippen molar-refractivity contribution in [2.45, 2.75) is 46.4 Å². The molecule has 1 heterocycles. The Labute approximate surface area is 233 Å². The van der Waals surface area contributed by atoms with Gasteiger partial charge in [-0.2, -0.15) is 4.98 Å². The Hall–Kier alpha value is -3.77. The second-order valence-electron chi connectivity index (χ2n) is 9.76. The fourth-order valence-electron chi connectivity index (χ4n) is 3.70. The first kappa shape index (κ1) is 29.8. The van der Waals surface area contributed by atoms with Crippen molar-refractivity contribution in [3.8, 4) is 11.6 Å². The number of carboxylic acid groups (broad SMARTS) is 1. The summed E-state index contributed by atoms with van der Waals surface area (Å²) in [6.07, 6.45) is -1.16. The molecule has 12 heteroatoms. The van der Waals surface area contributed by atoms with Crippen LogP contribution in [0, 0.1) is 19.7 Å². The molecule has 0 aliphatic heterocycles. The molecule has 2 amide bonds. The van der Waals surface area contributed by atoms with Crippen LogP contribution in [0.15, 0.2) is 45.7 Å². The molecule has 0 radical (unpaired) electrons. The van der Waals surface area contributed by atoms with Gasteiger partial charge in [0.15, 0.2) is 0 Å². The van der Waals surface area contributed by atoms with Gasteiger partial charge in [-0.3, -0.25) is 14.2 Å². The Balaban J connectivity index is 1.91. The van der Waals surface area contributed by atoms with Crippen LogP contribution in [0.25, 0.3) is 5.69 Å². The number of hydrogen-bond donors (Lipinski definition) is 3. The van der Waals surface area contributed by atoms with Crippen LogP contribution in [-0.2, 0) is 13.2 Å². The molecule has 0 aliphatic rings. The molecule has 39 heavy (non-hydrogen) atoms. The van der Waals surface area contributed by atoms with Crippen molar-refractivity contribution in [2.75, 3.05) is 13.6 Å². The van der Waals surface area contributed by atoms with E-state index in [1.165, 1.54) is 29.8 Å². The number of nitrogens with one attached hydrogen (secondary N) is 1. The van der Waals surface area contributed by atoms with E-state index >= 15 is 0 Å². The van der Waals surface area contributed by atoms with E-state index in [1.807, 2.05) is 0 Å². The van der Waals surface area contributed by atoms with Crippen molar-refractivity contribution in [3.05, 3.63) is 85.1 Å². The zero-order valence-corrected chi connectivity index (χ0v) is 23.8. The van der Waals surface area contributed by atoms with Gasteiger partial charge in [0, 0.05) is 25.7 Å². The molecule has 0 aliphatic carbocycles. The summed E-state index contributed by atoms with van der Waals surface area (Å²) in [5.41, 5.74) is 0.863. The van der Waals surface area contributed by atoms with Crippen LogP contribution >= 0.6 is 15.9 Å². The van der Waals surface area contributed by atoms with Crippen LogP contribution in [-0.4, -0.2) is 55.9 Å². The van der Waals surface area contributed by atoms with Crippen LogP contribution in [0.1, 0.15) is 46.7 Å². The van der Waals surface area contributed by atoms with Gasteiger partial charge >= 0.3 is 6.09 Å². The van der Waals surface area contributed by atoms with Crippen molar-refractivity contribution >= 4 is 27.9 Å². The zero-order valence-electron chi connectivity index (χ0n) is 22.2. The van der Waals surface area contributed by atoms with E-state index in [2.05, 4.69) is 26.2 Å². The summed E-state index contributed by atoms with van der Waals surface area (Å²) >= 11 is 3.27. The van der Waals surface area contributed by atoms with Crippen LogP contribution in [0.4, 0.5) is 9.18 Å². The molecule has 0 saturated carbocycles. The van der Waals surface area contributed by atoms with Crippen molar-refractivity contribution in [1.82, 2.24) is 19.8 Å². The third-order valence-electron chi connectivity index (χ3n) is 5.83. The lowest BCUT2D eigenvalue weighted by molar-refractivity contribution is 0.0694. The lowest BCUT2D eigenvalue weighted by Gasteiger charge is -2.19. The van der Waals surface area contributed by atoms with Gasteiger partial charge in [0.25, 0.3) is 11.5 Å². The van der Waals surface area contributed by atoms with Crippen LogP contribution in [0.5, 0.6) is 5.88 Å². The third-order valence-corrected chi connectivity index (χ3v) is 6.50. The molecule has 10 nitrogen and oxygen atoms in total. The number of aliphatic hydroxyl groups is 1. The van der Waals surface area contributed by atoms with E-state index in [9.17, 15) is 29.0 Å². The fraction of sp³-hybridized carbons (Fsp3) is 0.333. The van der Waals surface area contributed by atoms with Gasteiger partial charge in [-0.15, -0.1) is 0 Å². The number of benzene rings is 2. The van der Waals surface area contributed by atoms with Crippen molar-refractivity contribution in [2.24, 2.45) is 0 Å². The minimum atomic E-state index is -1.16. The van der Waals surface area contributed by atoms with Gasteiger partial charge in [-0.25, -0.2) is 9.18 Å². The highest BCUT2D eigenvalue weighted by molar-refractivity contribution is 9.10. The molecule has 0 spiro atoms. The third kappa shape index (κ3) is 7.42. The molecule has 2 aromatic carbocycles. The highest BCUT2D eigenvalue weighted by Gasteiger charge is 2.20. The summed E-state index contributed by atoms with van der Waals surface area (Å²) in [6, 6.07) is 8.87. The van der Waals surface area contributed by atoms with E-state index in [1.54, 1.807) is 45.9 Å². The minimum Gasteiger partial charge on any atom is -0.472 e. The summed E-state index contributed by atoms with van der Waals surface area (Å²) in [5.74, 6) is -0.621. The van der Waals surface area contributed by atoms with Gasteiger partial charge < -0.3 is 25.2 Å². The number of nitrogens with zero attached hydrogens (tertiary/aromatic N) is 3. The summed E-state index contributed by atoms with van der Waals surface area (Å²) in [4.78, 5) is 42.7. The van der Waals surface area contributed by atoms with Gasteiger partial charge in [-0.1, -0.05) is 12.1 Å². The van der Waals surface area contributed by atoms with Crippen molar-refractivity contribution in [1.29, 1.82) is 0 Å². The Morgan fingerprint density at radius 2 is 1.87 bits per heavy atom. The smallest absolute Gasteiger partial charge is 0.407 e. The number of amides is 2. The Bertz CT molecular complexity index is 1470. The van der Waals surface area contributed by atoms with Crippen LogP contribution < -0.4 is 15.6 Å². The van der Waals surface area contributed by atoms with Gasteiger partial charge in [0.05, 0.1) is 11.3 Å². The molecule has 3 aromatic rings. The second kappa shape index (κ2) is 12.0. The topological polar surface area (TPSA) is 134 Å². The first-order valence-corrected chi connectivity index (χ1v) is 12.7. The largest absolute Gasteiger partial charge is 0.472 e. The number of ether oxygens (including phenoxy) is 1. The van der Waals surface area contributed by atoms with E-state index in [0.29, 0.717) is 28.2 Å². The Morgan fingerprint density at radius 3 is 2.51 bits per heavy atom. The normalized spacial score (nSPS) is 11.3. The molecule has 0 saturated heterocycles. The zero-order chi connectivity index (χ0) is 29.1. The molecular formula is C27H30BrFN4O6. The SMILES string of the molecule is Cc1ccc(C(=O)NCC(C)(C)O)cc1-n1c(C)nc(OCc2ccc(F)cc2CN(C)C(=O)O)c(Br)c1=O. The molecule has 3 rings (SSSR count). The maximum atomic E-state index is 13.8. The molecule has 0 unspecified atom stereocenters. The minimum absolute atomic E-state index is 0.00680. The number of carbonyl (C=O) groups is 2. The van der Waals surface area contributed by atoms with Crippen molar-refractivity contribution < 1.29 is 28.9 Å². The number of aromatic nitrogens is 2. The Kier molecular flexibility index (Phi) is 9.13. The van der Waals surface area contributed by atoms with E-state index in [-0.39, 0.29) is 30.0 Å². The number of hydrogen-bond acceptors (Lipinski definition) is 6. The van der Waals surface area contributed by atoms with E-state index in [0.717, 1.165) is 10.5 Å². The molecule has 208 valence electrons. The van der Waals surface area contributed by atoms with E-state index < -0.39 is 29.0 Å². The first-order valence-electron chi connectivity index (χ1n) is 11.9. The van der Waals surface area contributed by atoms with Crippen molar-refractivity contribution in [3.63, 3.8) is 0 Å². The molecule has 3 N–H and O–H groups in total. The standard InChI is InChI=1S/C27H30BrFN4O6/c1-15-6-7-17(23(34)30-14-27(3,4)38)11-21(15)33-16(2)31-24(22(28)25(33)35)39-13-18-8-9-20(29)10-19(18)12-32(5)26(36)37/h6-11,38H,12-14H2,1-5H3,(H,30,34)(H,36,37). The summed E-state index contributed by atoms with van der Waals surface area (Å²) in [6.45, 7) is 6.47. The maximum Gasteiger partial charge on any atom is 0.407 e. The monoisotopic (exact) mass is 604 g/mol. The number of aryl methyl sites for hydroxylation is 2. The predicted molar refractivity (Wildman–Crippen MR) is 146 cm³/mol. The summed E-state index contributed by atoms with van der Waals surface area (Å²) in [5, 5.41) is 21.7. The predicted octanol–water partition coefficient (Wildman–Crippen LogP) is 3.94. The summed E-state index contributed by atoms with van der Waals surface area (Å²) < 4.78 is 21.0. The molecular weight excluding hydrogens is 575 g/mol. The maximum absolute atomic E-state index is 13.8. The van der Waals surface area contributed by atoms with E-state index in [4.69, 9.17) is 4.74 Å². The van der Waals surface area contributed by atoms with Gasteiger partial charge in [0.2, 0.25) is 5.88 Å². The highest BCUT2D eigenvalue weighted by Crippen LogP contribution is 2.24. The average molecular weight is 605 g/mol. The fourth-order valence-corrected chi connectivity index (χ4v) is 4.08. The first-order chi connectivity index (χ1) is 18.2. The number of carbonyl (C=O) groups excluding carboxylic acids is 1. The quantitative estimate of drug-likeness (QED) is 0.337.